The van der Waals surface area contributed by atoms with Gasteiger partial charge in [-0.2, -0.15) is 0 Å². The van der Waals surface area contributed by atoms with Crippen LogP contribution in [0.5, 0.6) is 0 Å². The van der Waals surface area contributed by atoms with Crippen LogP contribution in [0.4, 0.5) is 0 Å². The van der Waals surface area contributed by atoms with Crippen LogP contribution in [0.3, 0.4) is 0 Å². The second-order valence-corrected chi connectivity index (χ2v) is 6.39. The lowest BCUT2D eigenvalue weighted by Gasteiger charge is -2.26. The molecule has 1 saturated heterocycles. The predicted octanol–water partition coefficient (Wildman–Crippen LogP) is 2.23. The van der Waals surface area contributed by atoms with Gasteiger partial charge in [0.1, 0.15) is 0 Å². The number of nitrogens with zero attached hydrogens (tertiary/aromatic N) is 1. The molecular formula is C15H20BrNO3. The molecule has 4 nitrogen and oxygen atoms in total. The number of rotatable bonds is 4. The van der Waals surface area contributed by atoms with Crippen LogP contribution >= 0.6 is 15.9 Å². The maximum atomic E-state index is 12.5. The summed E-state index contributed by atoms with van der Waals surface area (Å²) in [6.45, 7) is 3.71. The van der Waals surface area contributed by atoms with E-state index in [4.69, 9.17) is 4.74 Å². The van der Waals surface area contributed by atoms with Gasteiger partial charge in [0, 0.05) is 35.7 Å². The van der Waals surface area contributed by atoms with E-state index in [1.807, 2.05) is 25.1 Å². The lowest BCUT2D eigenvalue weighted by Crippen LogP contribution is -2.36. The summed E-state index contributed by atoms with van der Waals surface area (Å²) in [5, 5.41) is 9.57. The largest absolute Gasteiger partial charge is 0.396 e. The molecule has 1 N–H and O–H groups in total. The van der Waals surface area contributed by atoms with Gasteiger partial charge in [-0.15, -0.1) is 0 Å². The number of hydrogen-bond donors (Lipinski definition) is 1. The molecule has 0 saturated carbocycles. The molecule has 0 aliphatic carbocycles. The fraction of sp³-hybridized carbons (Fsp3) is 0.533. The van der Waals surface area contributed by atoms with Crippen LogP contribution in [0.15, 0.2) is 22.7 Å². The lowest BCUT2D eigenvalue weighted by molar-refractivity contribution is 0.0343. The van der Waals surface area contributed by atoms with Crippen LogP contribution in [0.25, 0.3) is 0 Å². The average molecular weight is 342 g/mol. The number of aliphatic hydroxyl groups excluding tert-OH is 1. The van der Waals surface area contributed by atoms with E-state index in [-0.39, 0.29) is 17.9 Å². The zero-order valence-corrected chi connectivity index (χ0v) is 13.4. The highest BCUT2D eigenvalue weighted by molar-refractivity contribution is 9.10. The van der Waals surface area contributed by atoms with Crippen molar-refractivity contribution in [1.82, 2.24) is 4.90 Å². The summed E-state index contributed by atoms with van der Waals surface area (Å²) in [5.74, 6) is 0.0112. The van der Waals surface area contributed by atoms with E-state index in [0.717, 1.165) is 16.5 Å². The fourth-order valence-corrected chi connectivity index (χ4v) is 2.99. The number of methoxy groups -OCH3 is 1. The van der Waals surface area contributed by atoms with Crippen molar-refractivity contribution in [1.29, 1.82) is 0 Å². The summed E-state index contributed by atoms with van der Waals surface area (Å²) in [6.07, 6.45) is 0.774. The Morgan fingerprint density at radius 1 is 1.55 bits per heavy atom. The van der Waals surface area contributed by atoms with Crippen molar-refractivity contribution in [3.8, 4) is 0 Å². The van der Waals surface area contributed by atoms with Gasteiger partial charge < -0.3 is 14.7 Å². The number of hydrogen-bond acceptors (Lipinski definition) is 3. The van der Waals surface area contributed by atoms with Crippen molar-refractivity contribution in [3.05, 3.63) is 33.8 Å². The Balaban J connectivity index is 2.13. The summed E-state index contributed by atoms with van der Waals surface area (Å²) in [4.78, 5) is 14.3. The Labute approximate surface area is 127 Å². The Morgan fingerprint density at radius 2 is 2.30 bits per heavy atom. The van der Waals surface area contributed by atoms with Gasteiger partial charge >= 0.3 is 0 Å². The number of carbonyl (C=O) groups excluding carboxylic acids is 1. The number of carbonyl (C=O) groups is 1. The maximum Gasteiger partial charge on any atom is 0.253 e. The van der Waals surface area contributed by atoms with Crippen molar-refractivity contribution in [2.75, 3.05) is 33.4 Å². The summed E-state index contributed by atoms with van der Waals surface area (Å²) < 4.78 is 6.12. The Bertz CT molecular complexity index is 506. The van der Waals surface area contributed by atoms with Gasteiger partial charge in [0.15, 0.2) is 0 Å². The van der Waals surface area contributed by atoms with E-state index in [9.17, 15) is 9.90 Å². The van der Waals surface area contributed by atoms with Gasteiger partial charge in [0.25, 0.3) is 5.91 Å². The molecule has 1 aromatic rings. The highest BCUT2D eigenvalue weighted by Crippen LogP contribution is 2.31. The predicted molar refractivity (Wildman–Crippen MR) is 80.8 cm³/mol. The van der Waals surface area contributed by atoms with Crippen molar-refractivity contribution < 1.29 is 14.6 Å². The minimum Gasteiger partial charge on any atom is -0.396 e. The molecule has 1 aliphatic heterocycles. The molecule has 1 aromatic carbocycles. The van der Waals surface area contributed by atoms with Crippen molar-refractivity contribution in [2.24, 2.45) is 5.41 Å². The second-order valence-electron chi connectivity index (χ2n) is 5.53. The van der Waals surface area contributed by atoms with Crippen LogP contribution in [-0.2, 0) is 4.74 Å². The molecule has 1 amide bonds. The molecule has 1 aliphatic rings. The third kappa shape index (κ3) is 3.05. The number of aliphatic hydroxyl groups is 1. The monoisotopic (exact) mass is 341 g/mol. The van der Waals surface area contributed by atoms with Gasteiger partial charge in [0.05, 0.1) is 13.2 Å². The molecular weight excluding hydrogens is 322 g/mol. The van der Waals surface area contributed by atoms with Crippen LogP contribution < -0.4 is 0 Å². The molecule has 0 radical (unpaired) electrons. The van der Waals surface area contributed by atoms with Crippen LogP contribution in [0.1, 0.15) is 22.3 Å². The van der Waals surface area contributed by atoms with E-state index in [2.05, 4.69) is 15.9 Å². The summed E-state index contributed by atoms with van der Waals surface area (Å²) in [5.41, 5.74) is 1.47. The first-order valence-corrected chi connectivity index (χ1v) is 7.46. The van der Waals surface area contributed by atoms with Crippen LogP contribution in [0.2, 0.25) is 0 Å². The highest BCUT2D eigenvalue weighted by Gasteiger charge is 2.39. The van der Waals surface area contributed by atoms with Gasteiger partial charge in [-0.05, 0) is 31.0 Å². The summed E-state index contributed by atoms with van der Waals surface area (Å²) in [6, 6.07) is 5.63. The standard InChI is InChI=1S/C15H20BrNO3/c1-11-3-4-12(7-13(11)16)14(19)17-6-5-15(8-17,9-18)10-20-2/h3-4,7,18H,5-6,8-10H2,1-2H3/t15-/m1/s1. The quantitative estimate of drug-likeness (QED) is 0.913. The number of likely N-dealkylation sites (tertiary alicyclic amines) is 1. The molecule has 1 fully saturated rings. The zero-order chi connectivity index (χ0) is 14.8. The SMILES string of the molecule is COC[C@]1(CO)CCN(C(=O)c2ccc(C)c(Br)c2)C1. The second kappa shape index (κ2) is 6.24. The molecule has 20 heavy (non-hydrogen) atoms. The van der Waals surface area contributed by atoms with Crippen LogP contribution in [0, 0.1) is 12.3 Å². The Morgan fingerprint density at radius 3 is 2.90 bits per heavy atom. The fourth-order valence-electron chi connectivity index (χ4n) is 2.62. The van der Waals surface area contributed by atoms with E-state index in [0.29, 0.717) is 25.3 Å². The van der Waals surface area contributed by atoms with Gasteiger partial charge in [-0.25, -0.2) is 0 Å². The summed E-state index contributed by atoms with van der Waals surface area (Å²) in [7, 11) is 1.62. The van der Waals surface area contributed by atoms with E-state index >= 15 is 0 Å². The molecule has 0 aromatic heterocycles. The highest BCUT2D eigenvalue weighted by atomic mass is 79.9. The molecule has 110 valence electrons. The number of benzene rings is 1. The number of amides is 1. The third-order valence-electron chi connectivity index (χ3n) is 3.93. The molecule has 2 rings (SSSR count). The molecule has 1 heterocycles. The first-order valence-electron chi connectivity index (χ1n) is 6.66. The lowest BCUT2D eigenvalue weighted by atomic mass is 9.89. The number of halogens is 1. The van der Waals surface area contributed by atoms with Gasteiger partial charge in [0.2, 0.25) is 0 Å². The number of aryl methyl sites for hydroxylation is 1. The van der Waals surface area contributed by atoms with Crippen molar-refractivity contribution in [2.45, 2.75) is 13.3 Å². The van der Waals surface area contributed by atoms with Crippen molar-refractivity contribution in [3.63, 3.8) is 0 Å². The Kier molecular flexibility index (Phi) is 4.83. The number of ether oxygens (including phenoxy) is 1. The minimum absolute atomic E-state index is 0.0112. The minimum atomic E-state index is -0.313. The van der Waals surface area contributed by atoms with E-state index in [1.54, 1.807) is 12.0 Å². The topological polar surface area (TPSA) is 49.8 Å². The average Bonchev–Trinajstić information content (AvgIpc) is 2.86. The molecule has 1 atom stereocenters. The zero-order valence-electron chi connectivity index (χ0n) is 11.9. The maximum absolute atomic E-state index is 12.5. The van der Waals surface area contributed by atoms with E-state index < -0.39 is 0 Å². The smallest absolute Gasteiger partial charge is 0.253 e. The van der Waals surface area contributed by atoms with Gasteiger partial charge in [-0.1, -0.05) is 22.0 Å². The Hall–Kier alpha value is -0.910. The molecule has 5 heteroatoms. The van der Waals surface area contributed by atoms with Crippen LogP contribution in [-0.4, -0.2) is 49.3 Å². The van der Waals surface area contributed by atoms with E-state index in [1.165, 1.54) is 0 Å². The molecule has 0 bridgehead atoms. The van der Waals surface area contributed by atoms with Crippen molar-refractivity contribution >= 4 is 21.8 Å². The molecule has 0 spiro atoms. The molecule has 0 unspecified atom stereocenters. The summed E-state index contributed by atoms with van der Waals surface area (Å²) >= 11 is 3.45. The van der Waals surface area contributed by atoms with Gasteiger partial charge in [-0.3, -0.25) is 4.79 Å². The normalized spacial score (nSPS) is 22.3. The third-order valence-corrected chi connectivity index (χ3v) is 4.78. The first kappa shape index (κ1) is 15.5. The first-order chi connectivity index (χ1) is 9.51.